The van der Waals surface area contributed by atoms with E-state index >= 15 is 0 Å². The van der Waals surface area contributed by atoms with E-state index in [4.69, 9.17) is 0 Å². The van der Waals surface area contributed by atoms with E-state index in [0.717, 1.165) is 12.2 Å². The molecule has 0 bridgehead atoms. The molecule has 1 heterocycles. The molecule has 0 saturated carbocycles. The largest absolute Gasteiger partial charge is 0.260 e. The van der Waals surface area contributed by atoms with Gasteiger partial charge in [0, 0.05) is 12.7 Å². The first-order valence-corrected chi connectivity index (χ1v) is 4.31. The standard InChI is InChI=1S/C7H10N2S/c1-10-9-6-7-4-2-3-5-8-7/h2-5,9H,6H2,1H3. The topological polar surface area (TPSA) is 24.9 Å². The maximum absolute atomic E-state index is 4.14. The van der Waals surface area contributed by atoms with Crippen molar-refractivity contribution in [2.75, 3.05) is 6.26 Å². The quantitative estimate of drug-likeness (QED) is 0.667. The number of rotatable bonds is 3. The number of hydrogen-bond donors (Lipinski definition) is 1. The number of nitrogens with one attached hydrogen (secondary N) is 1. The minimum Gasteiger partial charge on any atom is -0.260 e. The second-order valence-electron chi connectivity index (χ2n) is 1.85. The van der Waals surface area contributed by atoms with Gasteiger partial charge >= 0.3 is 0 Å². The lowest BCUT2D eigenvalue weighted by Gasteiger charge is -1.97. The van der Waals surface area contributed by atoms with Crippen LogP contribution in [0.25, 0.3) is 0 Å². The van der Waals surface area contributed by atoms with Crippen LogP contribution in [0.15, 0.2) is 24.4 Å². The summed E-state index contributed by atoms with van der Waals surface area (Å²) >= 11 is 1.61. The van der Waals surface area contributed by atoms with Crippen LogP contribution >= 0.6 is 11.9 Å². The Morgan fingerprint density at radius 1 is 1.60 bits per heavy atom. The van der Waals surface area contributed by atoms with Gasteiger partial charge in [0.2, 0.25) is 0 Å². The number of hydrogen-bond acceptors (Lipinski definition) is 3. The maximum Gasteiger partial charge on any atom is 0.0550 e. The van der Waals surface area contributed by atoms with Crippen molar-refractivity contribution in [1.82, 2.24) is 9.71 Å². The minimum absolute atomic E-state index is 0.835. The number of pyridine rings is 1. The first kappa shape index (κ1) is 7.57. The Kier molecular flexibility index (Phi) is 3.26. The Hall–Kier alpha value is -0.540. The zero-order valence-corrected chi connectivity index (χ0v) is 6.69. The highest BCUT2D eigenvalue weighted by molar-refractivity contribution is 7.96. The minimum atomic E-state index is 0.835. The predicted octanol–water partition coefficient (Wildman–Crippen LogP) is 1.45. The van der Waals surface area contributed by atoms with Crippen LogP contribution in [0.3, 0.4) is 0 Å². The van der Waals surface area contributed by atoms with Crippen molar-refractivity contribution in [1.29, 1.82) is 0 Å². The van der Waals surface area contributed by atoms with Crippen LogP contribution < -0.4 is 4.72 Å². The highest BCUT2D eigenvalue weighted by Gasteiger charge is 1.87. The predicted molar refractivity (Wildman–Crippen MR) is 44.6 cm³/mol. The van der Waals surface area contributed by atoms with Crippen LogP contribution in [0.5, 0.6) is 0 Å². The zero-order chi connectivity index (χ0) is 7.23. The van der Waals surface area contributed by atoms with Gasteiger partial charge in [0.05, 0.1) is 5.69 Å². The fourth-order valence-corrected chi connectivity index (χ4v) is 0.941. The fraction of sp³-hybridized carbons (Fsp3) is 0.286. The molecule has 0 amide bonds. The molecule has 0 aromatic carbocycles. The molecule has 1 rings (SSSR count). The van der Waals surface area contributed by atoms with E-state index < -0.39 is 0 Å². The van der Waals surface area contributed by atoms with Crippen molar-refractivity contribution in [2.45, 2.75) is 6.54 Å². The summed E-state index contributed by atoms with van der Waals surface area (Å²) in [7, 11) is 0. The molecule has 0 spiro atoms. The van der Waals surface area contributed by atoms with E-state index in [1.807, 2.05) is 24.5 Å². The molecule has 0 saturated heterocycles. The van der Waals surface area contributed by atoms with Crippen LogP contribution in [0.1, 0.15) is 5.69 Å². The molecule has 1 N–H and O–H groups in total. The SMILES string of the molecule is CSNCc1ccccn1. The molecule has 3 heteroatoms. The summed E-state index contributed by atoms with van der Waals surface area (Å²) < 4.78 is 3.12. The van der Waals surface area contributed by atoms with E-state index in [2.05, 4.69) is 9.71 Å². The van der Waals surface area contributed by atoms with Crippen molar-refractivity contribution < 1.29 is 0 Å². The van der Waals surface area contributed by atoms with E-state index in [0.29, 0.717) is 0 Å². The van der Waals surface area contributed by atoms with Gasteiger partial charge in [-0.25, -0.2) is 0 Å². The Balaban J connectivity index is 2.43. The van der Waals surface area contributed by atoms with Crippen LogP contribution in [0.2, 0.25) is 0 Å². The van der Waals surface area contributed by atoms with Gasteiger partial charge in [0.25, 0.3) is 0 Å². The highest BCUT2D eigenvalue weighted by atomic mass is 32.2. The van der Waals surface area contributed by atoms with Crippen LogP contribution in [0, 0.1) is 0 Å². The van der Waals surface area contributed by atoms with E-state index in [1.54, 1.807) is 18.1 Å². The molecule has 0 radical (unpaired) electrons. The lowest BCUT2D eigenvalue weighted by Crippen LogP contribution is -2.02. The van der Waals surface area contributed by atoms with Gasteiger partial charge in [-0.3, -0.25) is 9.71 Å². The van der Waals surface area contributed by atoms with Gasteiger partial charge < -0.3 is 0 Å². The first-order chi connectivity index (χ1) is 4.93. The first-order valence-electron chi connectivity index (χ1n) is 3.09. The summed E-state index contributed by atoms with van der Waals surface area (Å²) in [6.07, 6.45) is 3.81. The Bertz CT molecular complexity index is 176. The van der Waals surface area contributed by atoms with Crippen molar-refractivity contribution >= 4 is 11.9 Å². The van der Waals surface area contributed by atoms with E-state index in [9.17, 15) is 0 Å². The Labute approximate surface area is 65.2 Å². The summed E-state index contributed by atoms with van der Waals surface area (Å²) in [4.78, 5) is 4.14. The highest BCUT2D eigenvalue weighted by Crippen LogP contribution is 1.94. The van der Waals surface area contributed by atoms with Crippen molar-refractivity contribution in [3.63, 3.8) is 0 Å². The van der Waals surface area contributed by atoms with Crippen LogP contribution in [0.4, 0.5) is 0 Å². The van der Waals surface area contributed by atoms with Crippen molar-refractivity contribution in [2.24, 2.45) is 0 Å². The van der Waals surface area contributed by atoms with Gasteiger partial charge in [-0.2, -0.15) is 0 Å². The summed E-state index contributed by atoms with van der Waals surface area (Å²) in [5, 5.41) is 0. The van der Waals surface area contributed by atoms with Crippen LogP contribution in [-0.4, -0.2) is 11.2 Å². The molecule has 0 fully saturated rings. The van der Waals surface area contributed by atoms with Crippen LogP contribution in [-0.2, 0) is 6.54 Å². The average molecular weight is 154 g/mol. The molecule has 0 atom stereocenters. The molecule has 0 aliphatic rings. The normalized spacial score (nSPS) is 9.70. The maximum atomic E-state index is 4.14. The third-order valence-electron chi connectivity index (χ3n) is 1.12. The summed E-state index contributed by atoms with van der Waals surface area (Å²) in [6, 6.07) is 5.91. The molecule has 0 unspecified atom stereocenters. The Morgan fingerprint density at radius 3 is 3.10 bits per heavy atom. The van der Waals surface area contributed by atoms with Crippen molar-refractivity contribution in [3.8, 4) is 0 Å². The summed E-state index contributed by atoms with van der Waals surface area (Å²) in [6.45, 7) is 0.835. The third kappa shape index (κ3) is 2.37. The van der Waals surface area contributed by atoms with Gasteiger partial charge in [-0.05, 0) is 18.4 Å². The van der Waals surface area contributed by atoms with Gasteiger partial charge in [-0.1, -0.05) is 18.0 Å². The zero-order valence-electron chi connectivity index (χ0n) is 5.87. The molecular formula is C7H10N2S. The molecule has 1 aromatic rings. The number of nitrogens with zero attached hydrogens (tertiary/aromatic N) is 1. The number of aromatic nitrogens is 1. The van der Waals surface area contributed by atoms with Gasteiger partial charge in [0.1, 0.15) is 0 Å². The molecule has 54 valence electrons. The van der Waals surface area contributed by atoms with Gasteiger partial charge in [-0.15, -0.1) is 0 Å². The second kappa shape index (κ2) is 4.30. The lowest BCUT2D eigenvalue weighted by atomic mass is 10.4. The average Bonchev–Trinajstić information content (AvgIpc) is 2.03. The summed E-state index contributed by atoms with van der Waals surface area (Å²) in [5.41, 5.74) is 1.08. The third-order valence-corrected chi connectivity index (χ3v) is 1.56. The fourth-order valence-electron chi connectivity index (χ4n) is 0.649. The molecule has 2 nitrogen and oxygen atoms in total. The lowest BCUT2D eigenvalue weighted by molar-refractivity contribution is 0.924. The molecule has 0 aliphatic carbocycles. The van der Waals surface area contributed by atoms with Crippen molar-refractivity contribution in [3.05, 3.63) is 30.1 Å². The monoisotopic (exact) mass is 154 g/mol. The van der Waals surface area contributed by atoms with E-state index in [1.165, 1.54) is 0 Å². The molecule has 0 aliphatic heterocycles. The summed E-state index contributed by atoms with van der Waals surface area (Å²) in [5.74, 6) is 0. The van der Waals surface area contributed by atoms with Gasteiger partial charge in [0.15, 0.2) is 0 Å². The Morgan fingerprint density at radius 2 is 2.50 bits per heavy atom. The molecule has 10 heavy (non-hydrogen) atoms. The molecule has 1 aromatic heterocycles. The molecular weight excluding hydrogens is 144 g/mol. The van der Waals surface area contributed by atoms with E-state index in [-0.39, 0.29) is 0 Å². The second-order valence-corrected chi connectivity index (χ2v) is 2.54. The smallest absolute Gasteiger partial charge is 0.0550 e.